The number of carbonyl (C=O) groups excluding carboxylic acids is 1. The van der Waals surface area contributed by atoms with Gasteiger partial charge in [0.15, 0.2) is 5.78 Å². The number of aromatic nitrogens is 2. The topological polar surface area (TPSA) is 55.1 Å². The van der Waals surface area contributed by atoms with Crippen molar-refractivity contribution in [3.05, 3.63) is 72.1 Å². The Hall–Kier alpha value is -2.98. The molecule has 132 valence electrons. The maximum Gasteiger partial charge on any atom is 0.181 e. The predicted octanol–water partition coefficient (Wildman–Crippen LogP) is 4.12. The molecule has 0 aliphatic carbocycles. The highest BCUT2D eigenvalue weighted by Crippen LogP contribution is 2.31. The third kappa shape index (κ3) is 3.81. The molecule has 1 heterocycles. The van der Waals surface area contributed by atoms with Crippen LogP contribution in [-0.4, -0.2) is 27.0 Å². The molecular weight excluding hydrogens is 324 g/mol. The zero-order valence-electron chi connectivity index (χ0n) is 15.0. The molecule has 0 radical (unpaired) electrons. The number of benzene rings is 2. The first-order valence-corrected chi connectivity index (χ1v) is 8.66. The molecule has 0 atom stereocenters. The van der Waals surface area contributed by atoms with Crippen LogP contribution >= 0.6 is 0 Å². The molecule has 0 aliphatic rings. The van der Waals surface area contributed by atoms with Crippen LogP contribution in [-0.2, 0) is 11.3 Å². The van der Waals surface area contributed by atoms with Crippen LogP contribution in [0.15, 0.2) is 60.9 Å². The molecule has 0 bridgehead atoms. The van der Waals surface area contributed by atoms with Gasteiger partial charge in [-0.3, -0.25) is 4.79 Å². The normalized spacial score (nSPS) is 11.2. The Morgan fingerprint density at radius 2 is 1.73 bits per heavy atom. The fourth-order valence-corrected chi connectivity index (χ4v) is 2.84. The van der Waals surface area contributed by atoms with Gasteiger partial charge in [0.05, 0.1) is 17.7 Å². The number of aliphatic hydroxyl groups excluding tert-OH is 1. The minimum Gasteiger partial charge on any atom is -0.388 e. The second-order valence-corrected chi connectivity index (χ2v) is 6.17. The quantitative estimate of drug-likeness (QED) is 0.683. The van der Waals surface area contributed by atoms with Gasteiger partial charge < -0.3 is 9.67 Å². The molecule has 0 spiro atoms. The summed E-state index contributed by atoms with van der Waals surface area (Å²) in [6.45, 7) is 4.54. The lowest BCUT2D eigenvalue weighted by molar-refractivity contribution is -0.117. The van der Waals surface area contributed by atoms with Crippen LogP contribution in [0.3, 0.4) is 0 Å². The smallest absolute Gasteiger partial charge is 0.181 e. The highest BCUT2D eigenvalue weighted by Gasteiger charge is 2.14. The Kier molecular flexibility index (Phi) is 5.44. The second-order valence-electron chi connectivity index (χ2n) is 6.17. The highest BCUT2D eigenvalue weighted by atomic mass is 16.3. The van der Waals surface area contributed by atoms with E-state index in [1.807, 2.05) is 30.6 Å². The third-order valence-electron chi connectivity index (χ3n) is 4.31. The van der Waals surface area contributed by atoms with Crippen LogP contribution in [0, 0.1) is 6.92 Å². The number of hydrogen-bond donors (Lipinski definition) is 1. The fraction of sp³-hybridized carbons (Fsp3) is 0.182. The van der Waals surface area contributed by atoms with Crippen LogP contribution in [0.2, 0.25) is 0 Å². The summed E-state index contributed by atoms with van der Waals surface area (Å²) < 4.78 is 2.13. The minimum atomic E-state index is -0.468. The van der Waals surface area contributed by atoms with E-state index in [1.54, 1.807) is 6.08 Å². The zero-order chi connectivity index (χ0) is 18.5. The van der Waals surface area contributed by atoms with Crippen molar-refractivity contribution in [2.24, 2.45) is 0 Å². The molecule has 3 aromatic rings. The van der Waals surface area contributed by atoms with Gasteiger partial charge in [-0.15, -0.1) is 0 Å². The van der Waals surface area contributed by atoms with Gasteiger partial charge in [0.1, 0.15) is 6.61 Å². The molecule has 1 N–H and O–H groups in total. The molecule has 0 amide bonds. The highest BCUT2D eigenvalue weighted by molar-refractivity contribution is 5.94. The Morgan fingerprint density at radius 1 is 1.08 bits per heavy atom. The van der Waals surface area contributed by atoms with Crippen LogP contribution in [0.25, 0.3) is 28.6 Å². The summed E-state index contributed by atoms with van der Waals surface area (Å²) in [7, 11) is 0. The number of imidazole rings is 1. The number of rotatable bonds is 6. The summed E-state index contributed by atoms with van der Waals surface area (Å²) in [5, 5.41) is 8.78. The van der Waals surface area contributed by atoms with Crippen molar-refractivity contribution in [3.8, 4) is 22.5 Å². The van der Waals surface area contributed by atoms with E-state index in [0.717, 1.165) is 34.6 Å². The molecule has 4 heteroatoms. The third-order valence-corrected chi connectivity index (χ3v) is 4.31. The van der Waals surface area contributed by atoms with Gasteiger partial charge in [0.2, 0.25) is 0 Å². The first kappa shape index (κ1) is 17.8. The van der Waals surface area contributed by atoms with Crippen molar-refractivity contribution < 1.29 is 9.90 Å². The summed E-state index contributed by atoms with van der Waals surface area (Å²) in [5.41, 5.74) is 6.35. The van der Waals surface area contributed by atoms with Crippen molar-refractivity contribution in [2.75, 3.05) is 6.61 Å². The standard InChI is InChI=1S/C22H22N2O2/c1-3-24-15-23-21(18-9-4-16(2)5-10-18)22(24)19-11-6-17(7-12-19)8-13-20(26)14-25/h4-13,15,25H,3,14H2,1-2H3/b13-8+. The average Bonchev–Trinajstić information content (AvgIpc) is 3.11. The maximum absolute atomic E-state index is 11.2. The lowest BCUT2D eigenvalue weighted by Crippen LogP contribution is -1.97. The summed E-state index contributed by atoms with van der Waals surface area (Å²) in [5.74, 6) is -0.306. The van der Waals surface area contributed by atoms with E-state index in [0.29, 0.717) is 0 Å². The van der Waals surface area contributed by atoms with Crippen LogP contribution < -0.4 is 0 Å². The predicted molar refractivity (Wildman–Crippen MR) is 105 cm³/mol. The van der Waals surface area contributed by atoms with Crippen LogP contribution in [0.1, 0.15) is 18.1 Å². The maximum atomic E-state index is 11.2. The summed E-state index contributed by atoms with van der Waals surface area (Å²) in [6.07, 6.45) is 4.97. The molecule has 0 unspecified atom stereocenters. The Bertz CT molecular complexity index is 920. The van der Waals surface area contributed by atoms with E-state index >= 15 is 0 Å². The SMILES string of the molecule is CCn1cnc(-c2ccc(C)cc2)c1-c1ccc(/C=C/C(=O)CO)cc1. The lowest BCUT2D eigenvalue weighted by atomic mass is 10.0. The lowest BCUT2D eigenvalue weighted by Gasteiger charge is -2.09. The Labute approximate surface area is 153 Å². The van der Waals surface area contributed by atoms with E-state index in [4.69, 9.17) is 5.11 Å². The van der Waals surface area contributed by atoms with Crippen molar-refractivity contribution in [1.82, 2.24) is 9.55 Å². The monoisotopic (exact) mass is 346 g/mol. The van der Waals surface area contributed by atoms with E-state index in [-0.39, 0.29) is 5.78 Å². The molecule has 26 heavy (non-hydrogen) atoms. The molecule has 0 saturated carbocycles. The van der Waals surface area contributed by atoms with Crippen molar-refractivity contribution >= 4 is 11.9 Å². The van der Waals surface area contributed by atoms with E-state index < -0.39 is 6.61 Å². The Balaban J connectivity index is 1.98. The number of nitrogens with zero attached hydrogens (tertiary/aromatic N) is 2. The minimum absolute atomic E-state index is 0.306. The van der Waals surface area contributed by atoms with Gasteiger partial charge in [-0.2, -0.15) is 0 Å². The van der Waals surface area contributed by atoms with E-state index in [1.165, 1.54) is 11.6 Å². The Morgan fingerprint density at radius 3 is 2.35 bits per heavy atom. The van der Waals surface area contributed by atoms with Crippen LogP contribution in [0.5, 0.6) is 0 Å². The van der Waals surface area contributed by atoms with E-state index in [2.05, 4.69) is 47.7 Å². The van der Waals surface area contributed by atoms with Crippen LogP contribution in [0.4, 0.5) is 0 Å². The molecular formula is C22H22N2O2. The van der Waals surface area contributed by atoms with Gasteiger partial charge in [-0.1, -0.05) is 60.2 Å². The molecule has 4 nitrogen and oxygen atoms in total. The second kappa shape index (κ2) is 7.93. The van der Waals surface area contributed by atoms with Gasteiger partial charge in [-0.05, 0) is 25.5 Å². The fourth-order valence-electron chi connectivity index (χ4n) is 2.84. The molecule has 0 aliphatic heterocycles. The van der Waals surface area contributed by atoms with Crippen molar-refractivity contribution in [3.63, 3.8) is 0 Å². The first-order valence-electron chi connectivity index (χ1n) is 8.66. The molecule has 0 saturated heterocycles. The van der Waals surface area contributed by atoms with Gasteiger partial charge in [0, 0.05) is 17.7 Å². The summed E-state index contributed by atoms with van der Waals surface area (Å²) in [6, 6.07) is 16.4. The largest absolute Gasteiger partial charge is 0.388 e. The zero-order valence-corrected chi connectivity index (χ0v) is 15.0. The first-order chi connectivity index (χ1) is 12.6. The number of hydrogen-bond acceptors (Lipinski definition) is 3. The van der Waals surface area contributed by atoms with E-state index in [9.17, 15) is 4.79 Å². The van der Waals surface area contributed by atoms with Crippen molar-refractivity contribution in [1.29, 1.82) is 0 Å². The summed E-state index contributed by atoms with van der Waals surface area (Å²) in [4.78, 5) is 15.8. The number of aryl methyl sites for hydroxylation is 2. The molecule has 3 rings (SSSR count). The average molecular weight is 346 g/mol. The molecule has 0 fully saturated rings. The van der Waals surface area contributed by atoms with Crippen molar-refractivity contribution in [2.45, 2.75) is 20.4 Å². The van der Waals surface area contributed by atoms with Gasteiger partial charge in [0.25, 0.3) is 0 Å². The molecule has 2 aromatic carbocycles. The number of ketones is 1. The number of carbonyl (C=O) groups is 1. The summed E-state index contributed by atoms with van der Waals surface area (Å²) >= 11 is 0. The molecule has 1 aromatic heterocycles. The van der Waals surface area contributed by atoms with Gasteiger partial charge >= 0.3 is 0 Å². The van der Waals surface area contributed by atoms with Gasteiger partial charge in [-0.25, -0.2) is 4.98 Å². The number of aliphatic hydroxyl groups is 1.